The molecule has 0 aromatic rings. The second kappa shape index (κ2) is 5.24. The molecule has 0 spiro atoms. The molecule has 1 saturated heterocycles. The Morgan fingerprint density at radius 1 is 1.58 bits per heavy atom. The van der Waals surface area contributed by atoms with Crippen molar-refractivity contribution in [1.82, 2.24) is 5.32 Å². The largest absolute Gasteiger partial charge is 0.352 e. The first-order valence-electron chi connectivity index (χ1n) is 4.26. The molecule has 1 rings (SSSR count). The molecule has 0 aliphatic carbocycles. The highest BCUT2D eigenvalue weighted by molar-refractivity contribution is 5.84. The summed E-state index contributed by atoms with van der Waals surface area (Å²) < 4.78 is 4.56. The fourth-order valence-electron chi connectivity index (χ4n) is 1.37. The van der Waals surface area contributed by atoms with Gasteiger partial charge >= 0.3 is 0 Å². The number of ketones is 1. The Morgan fingerprint density at radius 3 is 3.00 bits per heavy atom. The highest BCUT2D eigenvalue weighted by Gasteiger charge is 2.20. The zero-order chi connectivity index (χ0) is 8.81. The summed E-state index contributed by atoms with van der Waals surface area (Å²) in [5.41, 5.74) is 0. The molecule has 0 aromatic carbocycles. The van der Waals surface area contributed by atoms with Crippen molar-refractivity contribution in [3.05, 3.63) is 0 Å². The van der Waals surface area contributed by atoms with Gasteiger partial charge < -0.3 is 10.1 Å². The maximum absolute atomic E-state index is 11.3. The van der Waals surface area contributed by atoms with Crippen LogP contribution in [0.3, 0.4) is 0 Å². The molecule has 0 amide bonds. The number of Topliss-reactive ketones (excluding diaryl/α,β-unsaturated/α-hetero) is 1. The normalized spacial score (nSPS) is 22.9. The smallest absolute Gasteiger partial charge is 0.180 e. The van der Waals surface area contributed by atoms with Crippen molar-refractivity contribution in [1.29, 1.82) is 0 Å². The summed E-state index contributed by atoms with van der Waals surface area (Å²) in [5.74, 6) is 0.168. The zero-order valence-corrected chi connectivity index (χ0v) is 7.04. The number of hydrogen-bond donors (Lipinski definition) is 1. The van der Waals surface area contributed by atoms with Gasteiger partial charge in [0, 0.05) is 6.42 Å². The van der Waals surface area contributed by atoms with Gasteiger partial charge in [-0.3, -0.25) is 4.79 Å². The topological polar surface area (TPSA) is 58.2 Å². The zero-order valence-electron chi connectivity index (χ0n) is 7.04. The molecule has 0 bridgehead atoms. The predicted molar refractivity (Wildman–Crippen MR) is 42.2 cm³/mol. The van der Waals surface area contributed by atoms with Gasteiger partial charge in [-0.25, -0.2) is 5.11 Å². The molecule has 1 aliphatic rings. The van der Waals surface area contributed by atoms with E-state index in [1.165, 1.54) is 0 Å². The van der Waals surface area contributed by atoms with Gasteiger partial charge in [0.2, 0.25) is 0 Å². The van der Waals surface area contributed by atoms with Crippen molar-refractivity contribution in [2.24, 2.45) is 0 Å². The Balaban J connectivity index is 2.10. The van der Waals surface area contributed by atoms with Crippen LogP contribution in [0.25, 0.3) is 0 Å². The van der Waals surface area contributed by atoms with Crippen LogP contribution in [0.2, 0.25) is 0 Å². The fraction of sp³-hybridized carbons (Fsp3) is 0.875. The van der Waals surface area contributed by atoms with Crippen molar-refractivity contribution < 1.29 is 14.6 Å². The van der Waals surface area contributed by atoms with Crippen LogP contribution < -0.4 is 5.32 Å². The van der Waals surface area contributed by atoms with Crippen LogP contribution in [-0.4, -0.2) is 31.8 Å². The Morgan fingerprint density at radius 2 is 2.42 bits per heavy atom. The standard InChI is InChI=1S/C8H14NO3/c10-6-12-5-3-8(11)7-2-1-4-9-7/h7,9H,1-6H2/t7-/m0/s1. The Kier molecular flexibility index (Phi) is 4.21. The van der Waals surface area contributed by atoms with E-state index in [-0.39, 0.29) is 18.4 Å². The van der Waals surface area contributed by atoms with E-state index in [1.54, 1.807) is 0 Å². The molecule has 1 aliphatic heterocycles. The quantitative estimate of drug-likeness (QED) is 0.472. The van der Waals surface area contributed by atoms with Crippen molar-refractivity contribution in [3.63, 3.8) is 0 Å². The molecule has 0 aromatic heterocycles. The van der Waals surface area contributed by atoms with Gasteiger partial charge in [0.05, 0.1) is 12.6 Å². The van der Waals surface area contributed by atoms with Gasteiger partial charge in [-0.2, -0.15) is 0 Å². The summed E-state index contributed by atoms with van der Waals surface area (Å²) in [5, 5.41) is 13.0. The summed E-state index contributed by atoms with van der Waals surface area (Å²) in [6, 6.07) is 0.0141. The van der Waals surface area contributed by atoms with Crippen LogP contribution in [0.4, 0.5) is 0 Å². The summed E-state index contributed by atoms with van der Waals surface area (Å²) in [7, 11) is 0. The highest BCUT2D eigenvalue weighted by Crippen LogP contribution is 2.07. The van der Waals surface area contributed by atoms with E-state index in [9.17, 15) is 9.90 Å². The van der Waals surface area contributed by atoms with Gasteiger partial charge in [-0.15, -0.1) is 0 Å². The van der Waals surface area contributed by atoms with Crippen molar-refractivity contribution in [2.75, 3.05) is 19.9 Å². The molecule has 12 heavy (non-hydrogen) atoms. The number of carbonyl (C=O) groups is 1. The van der Waals surface area contributed by atoms with Crippen LogP contribution in [0.15, 0.2) is 0 Å². The SMILES string of the molecule is [O]COCCC(=O)[C@@H]1CCCN1. The lowest BCUT2D eigenvalue weighted by molar-refractivity contribution is -0.123. The first-order valence-corrected chi connectivity index (χ1v) is 4.26. The first-order chi connectivity index (χ1) is 5.84. The summed E-state index contributed by atoms with van der Waals surface area (Å²) >= 11 is 0. The molecule has 4 heteroatoms. The number of hydrogen-bond acceptors (Lipinski definition) is 3. The minimum Gasteiger partial charge on any atom is -0.352 e. The molecular weight excluding hydrogens is 158 g/mol. The number of nitrogens with one attached hydrogen (secondary N) is 1. The maximum Gasteiger partial charge on any atom is 0.180 e. The number of rotatable bonds is 5. The van der Waals surface area contributed by atoms with Gasteiger partial charge in [0.1, 0.15) is 0 Å². The van der Waals surface area contributed by atoms with E-state index in [0.29, 0.717) is 6.42 Å². The lowest BCUT2D eigenvalue weighted by Crippen LogP contribution is -2.31. The Hall–Kier alpha value is -0.450. The van der Waals surface area contributed by atoms with Crippen molar-refractivity contribution in [3.8, 4) is 0 Å². The van der Waals surface area contributed by atoms with E-state index < -0.39 is 6.79 Å². The van der Waals surface area contributed by atoms with E-state index in [4.69, 9.17) is 0 Å². The third kappa shape index (κ3) is 2.89. The molecule has 1 fully saturated rings. The predicted octanol–water partition coefficient (Wildman–Crippen LogP) is 0.102. The summed E-state index contributed by atoms with van der Waals surface area (Å²) in [4.78, 5) is 11.3. The van der Waals surface area contributed by atoms with E-state index in [1.807, 2.05) is 0 Å². The number of carbonyl (C=O) groups excluding carboxylic acids is 1. The van der Waals surface area contributed by atoms with Crippen LogP contribution >= 0.6 is 0 Å². The minimum atomic E-state index is -0.550. The molecule has 69 valence electrons. The van der Waals surface area contributed by atoms with Crippen molar-refractivity contribution >= 4 is 5.78 Å². The molecule has 0 unspecified atom stereocenters. The Labute approximate surface area is 71.9 Å². The Bertz CT molecular complexity index is 143. The molecule has 1 atom stereocenters. The third-order valence-corrected chi connectivity index (χ3v) is 2.03. The first kappa shape index (κ1) is 9.64. The second-order valence-electron chi connectivity index (χ2n) is 2.89. The number of ether oxygens (including phenoxy) is 1. The molecule has 4 nitrogen and oxygen atoms in total. The van der Waals surface area contributed by atoms with Crippen LogP contribution in [0.1, 0.15) is 19.3 Å². The molecular formula is C8H14NO3. The van der Waals surface area contributed by atoms with Gasteiger partial charge in [-0.05, 0) is 19.4 Å². The van der Waals surface area contributed by atoms with Crippen LogP contribution in [-0.2, 0) is 14.6 Å². The molecule has 1 heterocycles. The van der Waals surface area contributed by atoms with Gasteiger partial charge in [0.25, 0.3) is 0 Å². The van der Waals surface area contributed by atoms with Crippen LogP contribution in [0.5, 0.6) is 0 Å². The van der Waals surface area contributed by atoms with Gasteiger partial charge in [-0.1, -0.05) is 0 Å². The molecule has 1 N–H and O–H groups in total. The highest BCUT2D eigenvalue weighted by atomic mass is 16.6. The third-order valence-electron chi connectivity index (χ3n) is 2.03. The fourth-order valence-corrected chi connectivity index (χ4v) is 1.37. The van der Waals surface area contributed by atoms with Crippen molar-refractivity contribution in [2.45, 2.75) is 25.3 Å². The van der Waals surface area contributed by atoms with E-state index >= 15 is 0 Å². The minimum absolute atomic E-state index is 0.0141. The summed E-state index contributed by atoms with van der Waals surface area (Å²) in [6.45, 7) is 0.644. The lowest BCUT2D eigenvalue weighted by atomic mass is 10.1. The van der Waals surface area contributed by atoms with E-state index in [0.717, 1.165) is 19.4 Å². The second-order valence-corrected chi connectivity index (χ2v) is 2.89. The van der Waals surface area contributed by atoms with Crippen LogP contribution in [0, 0.1) is 0 Å². The van der Waals surface area contributed by atoms with Gasteiger partial charge in [0.15, 0.2) is 12.6 Å². The average molecular weight is 172 g/mol. The monoisotopic (exact) mass is 172 g/mol. The molecule has 0 saturated carbocycles. The van der Waals surface area contributed by atoms with E-state index in [2.05, 4.69) is 10.1 Å². The molecule has 1 radical (unpaired) electrons. The maximum atomic E-state index is 11.3. The lowest BCUT2D eigenvalue weighted by Gasteiger charge is -2.07. The summed E-state index contributed by atoms with van der Waals surface area (Å²) in [6.07, 6.45) is 2.36. The average Bonchev–Trinajstić information content (AvgIpc) is 2.56.